The molecular formula is C29H31N3O3S. The monoisotopic (exact) mass is 501 g/mol. The minimum Gasteiger partial charge on any atom is -0.331 e. The molecule has 0 bridgehead atoms. The highest BCUT2D eigenvalue weighted by atomic mass is 32.2. The fourth-order valence-electron chi connectivity index (χ4n) is 5.05. The molecule has 0 aromatic heterocycles. The zero-order valence-electron chi connectivity index (χ0n) is 20.6. The van der Waals surface area contributed by atoms with E-state index in [2.05, 4.69) is 47.2 Å². The average Bonchev–Trinajstić information content (AvgIpc) is 3.32. The second-order valence-electron chi connectivity index (χ2n) is 9.62. The van der Waals surface area contributed by atoms with Gasteiger partial charge in [-0.25, -0.2) is 13.2 Å². The van der Waals surface area contributed by atoms with Gasteiger partial charge in [0.05, 0.1) is 16.7 Å². The molecule has 0 saturated heterocycles. The largest absolute Gasteiger partial charge is 0.331 e. The van der Waals surface area contributed by atoms with Crippen molar-refractivity contribution in [1.82, 2.24) is 10.6 Å². The molecule has 5 rings (SSSR count). The summed E-state index contributed by atoms with van der Waals surface area (Å²) < 4.78 is 25.9. The second kappa shape index (κ2) is 9.91. The molecule has 7 heteroatoms. The third kappa shape index (κ3) is 5.08. The van der Waals surface area contributed by atoms with Crippen LogP contribution in [0.15, 0.2) is 65.6 Å². The summed E-state index contributed by atoms with van der Waals surface area (Å²) in [5.74, 6) is -0.0552. The van der Waals surface area contributed by atoms with Crippen molar-refractivity contribution in [2.45, 2.75) is 56.5 Å². The molecule has 0 saturated carbocycles. The van der Waals surface area contributed by atoms with Crippen molar-refractivity contribution in [2.24, 2.45) is 0 Å². The van der Waals surface area contributed by atoms with E-state index < -0.39 is 9.84 Å². The molecular weight excluding hydrogens is 470 g/mol. The highest BCUT2D eigenvalue weighted by molar-refractivity contribution is 7.90. The van der Waals surface area contributed by atoms with Crippen LogP contribution in [0.5, 0.6) is 0 Å². The number of fused-ring (bicyclic) bond motifs is 2. The first-order valence-corrected chi connectivity index (χ1v) is 14.0. The van der Waals surface area contributed by atoms with Gasteiger partial charge in [-0.05, 0) is 89.9 Å². The molecule has 1 atom stereocenters. The Morgan fingerprint density at radius 2 is 1.81 bits per heavy atom. The lowest BCUT2D eigenvalue weighted by Crippen LogP contribution is -2.31. The number of carbonyl (C=O) groups is 1. The predicted octanol–water partition coefficient (Wildman–Crippen LogP) is 5.41. The molecule has 3 aromatic rings. The van der Waals surface area contributed by atoms with Crippen molar-refractivity contribution in [3.63, 3.8) is 0 Å². The number of rotatable bonds is 6. The molecule has 36 heavy (non-hydrogen) atoms. The number of carbonyl (C=O) groups excluding carboxylic acids is 1. The van der Waals surface area contributed by atoms with Crippen LogP contribution in [0, 0.1) is 6.92 Å². The maximum absolute atomic E-state index is 13.0. The number of hydrogen-bond donors (Lipinski definition) is 3. The number of allylic oxidation sites excluding steroid dienone is 1. The molecule has 1 aliphatic carbocycles. The molecule has 1 heterocycles. The van der Waals surface area contributed by atoms with Crippen molar-refractivity contribution in [1.29, 1.82) is 0 Å². The normalized spacial score (nSPS) is 15.2. The summed E-state index contributed by atoms with van der Waals surface area (Å²) in [5.41, 5.74) is 8.60. The Kier molecular flexibility index (Phi) is 6.69. The van der Waals surface area contributed by atoms with Crippen molar-refractivity contribution >= 4 is 27.6 Å². The average molecular weight is 502 g/mol. The highest BCUT2D eigenvalue weighted by Crippen LogP contribution is 2.30. The Balaban J connectivity index is 1.23. The van der Waals surface area contributed by atoms with Crippen molar-refractivity contribution < 1.29 is 13.2 Å². The fraction of sp³-hybridized carbons (Fsp3) is 0.276. The molecule has 0 fully saturated rings. The van der Waals surface area contributed by atoms with Crippen LogP contribution in [0.4, 0.5) is 10.5 Å². The first-order valence-electron chi connectivity index (χ1n) is 12.3. The molecule has 2 aliphatic rings. The van der Waals surface area contributed by atoms with Crippen molar-refractivity contribution in [2.75, 3.05) is 5.32 Å². The summed E-state index contributed by atoms with van der Waals surface area (Å²) >= 11 is 0. The van der Waals surface area contributed by atoms with Crippen LogP contribution < -0.4 is 16.0 Å². The Hall–Kier alpha value is -3.42. The number of sulfone groups is 1. The van der Waals surface area contributed by atoms with Gasteiger partial charge in [0, 0.05) is 18.8 Å². The Morgan fingerprint density at radius 1 is 1.03 bits per heavy atom. The van der Waals surface area contributed by atoms with Gasteiger partial charge in [0.15, 0.2) is 9.84 Å². The molecule has 0 radical (unpaired) electrons. The zero-order chi connectivity index (χ0) is 25.3. The van der Waals surface area contributed by atoms with Gasteiger partial charge in [0.1, 0.15) is 0 Å². The van der Waals surface area contributed by atoms with E-state index in [9.17, 15) is 13.2 Å². The molecule has 1 unspecified atom stereocenters. The lowest BCUT2D eigenvalue weighted by Gasteiger charge is -2.22. The van der Waals surface area contributed by atoms with Gasteiger partial charge in [0.2, 0.25) is 0 Å². The topological polar surface area (TPSA) is 87.3 Å². The number of nitrogens with one attached hydrogen (secondary N) is 3. The molecule has 2 amide bonds. The highest BCUT2D eigenvalue weighted by Gasteiger charge is 2.19. The Labute approximate surface area is 212 Å². The van der Waals surface area contributed by atoms with Crippen LogP contribution in [0.25, 0.3) is 6.08 Å². The first kappa shape index (κ1) is 24.3. The van der Waals surface area contributed by atoms with Crippen LogP contribution in [-0.2, 0) is 35.1 Å². The smallest absolute Gasteiger partial charge is 0.319 e. The predicted molar refractivity (Wildman–Crippen MR) is 143 cm³/mol. The standard InChI is InChI=1S/C29H31N3O3S/c1-19-7-14-27(28-6-4-3-5-26(19)28)20(2)31-29(33)32-24-10-12-25(13-11-24)36(34,35)18-21-8-9-22-16-30-17-23(22)15-21/h4,6-15,20,30H,3,5,16-18H2,1-2H3,(H2,31,32,33). The quantitative estimate of drug-likeness (QED) is 0.421. The molecule has 6 nitrogen and oxygen atoms in total. The summed E-state index contributed by atoms with van der Waals surface area (Å²) in [6.45, 7) is 5.69. The SMILES string of the molecule is Cc1ccc(C(C)NC(=O)Nc2ccc(S(=O)(=O)Cc3ccc4c(c3)CNC4)cc2)c2c1CCC=C2. The number of amides is 2. The summed E-state index contributed by atoms with van der Waals surface area (Å²) in [5, 5.41) is 9.10. The van der Waals surface area contributed by atoms with E-state index in [4.69, 9.17) is 0 Å². The van der Waals surface area contributed by atoms with Gasteiger partial charge in [-0.3, -0.25) is 0 Å². The number of anilines is 1. The van der Waals surface area contributed by atoms with Gasteiger partial charge >= 0.3 is 6.03 Å². The summed E-state index contributed by atoms with van der Waals surface area (Å²) in [6.07, 6.45) is 6.38. The Bertz CT molecular complexity index is 1440. The van der Waals surface area contributed by atoms with Crippen LogP contribution >= 0.6 is 0 Å². The maximum Gasteiger partial charge on any atom is 0.319 e. The van der Waals surface area contributed by atoms with Gasteiger partial charge < -0.3 is 16.0 Å². The lowest BCUT2D eigenvalue weighted by atomic mass is 9.87. The lowest BCUT2D eigenvalue weighted by molar-refractivity contribution is 0.249. The Morgan fingerprint density at radius 3 is 2.61 bits per heavy atom. The van der Waals surface area contributed by atoms with Gasteiger partial charge in [-0.15, -0.1) is 0 Å². The van der Waals surface area contributed by atoms with Crippen molar-refractivity contribution in [3.8, 4) is 0 Å². The summed E-state index contributed by atoms with van der Waals surface area (Å²) in [6, 6.07) is 15.9. The third-order valence-corrected chi connectivity index (χ3v) is 8.72. The molecule has 3 N–H and O–H groups in total. The van der Waals surface area contributed by atoms with E-state index in [1.807, 2.05) is 25.1 Å². The van der Waals surface area contributed by atoms with Crippen LogP contribution in [0.1, 0.15) is 58.3 Å². The van der Waals surface area contributed by atoms with E-state index in [0.717, 1.165) is 42.6 Å². The third-order valence-electron chi connectivity index (χ3n) is 7.01. The molecule has 3 aromatic carbocycles. The minimum atomic E-state index is -3.50. The number of aryl methyl sites for hydroxylation is 1. The number of benzene rings is 3. The van der Waals surface area contributed by atoms with Crippen LogP contribution in [0.3, 0.4) is 0 Å². The molecule has 0 spiro atoms. The van der Waals surface area contributed by atoms with Gasteiger partial charge in [0.25, 0.3) is 0 Å². The van der Waals surface area contributed by atoms with Crippen LogP contribution in [-0.4, -0.2) is 14.4 Å². The first-order chi connectivity index (χ1) is 17.3. The number of urea groups is 1. The minimum absolute atomic E-state index is 0.0552. The van der Waals surface area contributed by atoms with E-state index in [-0.39, 0.29) is 22.7 Å². The maximum atomic E-state index is 13.0. The molecule has 1 aliphatic heterocycles. The van der Waals surface area contributed by atoms with Gasteiger partial charge in [-0.2, -0.15) is 0 Å². The molecule has 186 valence electrons. The van der Waals surface area contributed by atoms with Crippen LogP contribution in [0.2, 0.25) is 0 Å². The van der Waals surface area contributed by atoms with Gasteiger partial charge in [-0.1, -0.05) is 42.5 Å². The van der Waals surface area contributed by atoms with Crippen molar-refractivity contribution in [3.05, 3.63) is 99.6 Å². The van der Waals surface area contributed by atoms with E-state index in [0.29, 0.717) is 5.69 Å². The second-order valence-corrected chi connectivity index (χ2v) is 11.6. The zero-order valence-corrected chi connectivity index (χ0v) is 21.4. The number of hydrogen-bond acceptors (Lipinski definition) is 4. The fourth-order valence-corrected chi connectivity index (χ4v) is 6.39. The summed E-state index contributed by atoms with van der Waals surface area (Å²) in [7, 11) is -3.50. The van der Waals surface area contributed by atoms with E-state index >= 15 is 0 Å². The summed E-state index contributed by atoms with van der Waals surface area (Å²) in [4.78, 5) is 12.9. The van der Waals surface area contributed by atoms with E-state index in [1.54, 1.807) is 24.3 Å². The van der Waals surface area contributed by atoms with E-state index in [1.165, 1.54) is 22.3 Å².